The third-order valence-corrected chi connectivity index (χ3v) is 3.85. The first-order valence-electron chi connectivity index (χ1n) is 6.81. The maximum atomic E-state index is 6.22. The van der Waals surface area contributed by atoms with Gasteiger partial charge in [0.05, 0.1) is 37.7 Å². The van der Waals surface area contributed by atoms with Crippen LogP contribution < -0.4 is 19.9 Å². The van der Waals surface area contributed by atoms with Crippen LogP contribution in [0.15, 0.2) is 30.6 Å². The molecule has 0 radical (unpaired) electrons. The first kappa shape index (κ1) is 15.3. The molecule has 7 heteroatoms. The Hall–Kier alpha value is -2.60. The number of hydrogen-bond donors (Lipinski definition) is 1. The lowest BCUT2D eigenvalue weighted by atomic mass is 10.1. The first-order chi connectivity index (χ1) is 11.1. The first-order valence-corrected chi connectivity index (χ1v) is 7.19. The summed E-state index contributed by atoms with van der Waals surface area (Å²) in [5.74, 6) is 1.74. The summed E-state index contributed by atoms with van der Waals surface area (Å²) in [6.45, 7) is 0. The van der Waals surface area contributed by atoms with Crippen molar-refractivity contribution in [1.29, 1.82) is 0 Å². The molecule has 0 atom stereocenters. The summed E-state index contributed by atoms with van der Waals surface area (Å²) in [4.78, 5) is 4.59. The Kier molecular flexibility index (Phi) is 3.92. The molecule has 0 spiro atoms. The highest BCUT2D eigenvalue weighted by Crippen LogP contribution is 2.38. The molecule has 0 saturated heterocycles. The van der Waals surface area contributed by atoms with Gasteiger partial charge in [0.2, 0.25) is 0 Å². The quantitative estimate of drug-likeness (QED) is 0.793. The maximum absolute atomic E-state index is 6.22. The van der Waals surface area contributed by atoms with Gasteiger partial charge in [-0.3, -0.25) is 0 Å². The molecule has 6 nitrogen and oxygen atoms in total. The van der Waals surface area contributed by atoms with Crippen LogP contribution in [0.2, 0.25) is 5.02 Å². The zero-order valence-electron chi connectivity index (χ0n) is 13.0. The fraction of sp³-hybridized carbons (Fsp3) is 0.188. The number of benzene rings is 1. The molecule has 0 amide bonds. The second kappa shape index (κ2) is 5.89. The normalized spacial score (nSPS) is 10.8. The number of fused-ring (bicyclic) bond motifs is 1. The molecule has 2 N–H and O–H groups in total. The summed E-state index contributed by atoms with van der Waals surface area (Å²) < 4.78 is 17.7. The number of imidazole rings is 1. The Morgan fingerprint density at radius 3 is 2.30 bits per heavy atom. The highest BCUT2D eigenvalue weighted by molar-refractivity contribution is 6.32. The van der Waals surface area contributed by atoms with Crippen molar-refractivity contribution < 1.29 is 14.2 Å². The Bertz CT molecular complexity index is 877. The molecule has 1 aromatic carbocycles. The fourth-order valence-electron chi connectivity index (χ4n) is 2.40. The van der Waals surface area contributed by atoms with E-state index in [9.17, 15) is 0 Å². The van der Waals surface area contributed by atoms with E-state index >= 15 is 0 Å². The molecule has 0 unspecified atom stereocenters. The predicted octanol–water partition coefficient (Wildman–Crippen LogP) is 3.26. The highest BCUT2D eigenvalue weighted by atomic mass is 35.5. The van der Waals surface area contributed by atoms with E-state index in [-0.39, 0.29) is 0 Å². The maximum Gasteiger partial charge on any atom is 0.146 e. The standard InChI is InChI=1S/C16H16ClN3O3/c1-21-13-5-14(22-2)10(17)4-9(13)12-8-20-7-11(18)15(23-3)6-16(20)19-12/h4-8H,18H2,1-3H3. The largest absolute Gasteiger partial charge is 0.496 e. The Labute approximate surface area is 138 Å². The topological polar surface area (TPSA) is 71.0 Å². The number of hydrogen-bond acceptors (Lipinski definition) is 5. The lowest BCUT2D eigenvalue weighted by molar-refractivity contribution is 0.395. The van der Waals surface area contributed by atoms with E-state index in [4.69, 9.17) is 31.5 Å². The summed E-state index contributed by atoms with van der Waals surface area (Å²) in [6.07, 6.45) is 3.61. The lowest BCUT2D eigenvalue weighted by Gasteiger charge is -2.10. The summed E-state index contributed by atoms with van der Waals surface area (Å²) >= 11 is 6.22. The van der Waals surface area contributed by atoms with Crippen molar-refractivity contribution in [1.82, 2.24) is 9.38 Å². The van der Waals surface area contributed by atoms with Gasteiger partial charge in [0.15, 0.2) is 0 Å². The number of halogens is 1. The van der Waals surface area contributed by atoms with Gasteiger partial charge in [-0.15, -0.1) is 0 Å². The lowest BCUT2D eigenvalue weighted by Crippen LogP contribution is -1.95. The number of pyridine rings is 1. The number of nitrogens with zero attached hydrogens (tertiary/aromatic N) is 2. The molecule has 0 bridgehead atoms. The van der Waals surface area contributed by atoms with Gasteiger partial charge >= 0.3 is 0 Å². The van der Waals surface area contributed by atoms with Gasteiger partial charge in [0, 0.05) is 30.1 Å². The van der Waals surface area contributed by atoms with Gasteiger partial charge in [0.1, 0.15) is 22.9 Å². The predicted molar refractivity (Wildman–Crippen MR) is 89.7 cm³/mol. The van der Waals surface area contributed by atoms with Gasteiger partial charge < -0.3 is 24.3 Å². The third kappa shape index (κ3) is 2.61. The summed E-state index contributed by atoms with van der Waals surface area (Å²) in [6, 6.07) is 5.27. The van der Waals surface area contributed by atoms with Crippen molar-refractivity contribution in [3.8, 4) is 28.5 Å². The van der Waals surface area contributed by atoms with E-state index < -0.39 is 0 Å². The van der Waals surface area contributed by atoms with Crippen molar-refractivity contribution in [3.05, 3.63) is 35.6 Å². The molecule has 0 aliphatic rings. The van der Waals surface area contributed by atoms with Crippen molar-refractivity contribution in [2.45, 2.75) is 0 Å². The zero-order valence-corrected chi connectivity index (χ0v) is 13.7. The van der Waals surface area contributed by atoms with Crippen molar-refractivity contribution in [3.63, 3.8) is 0 Å². The van der Waals surface area contributed by atoms with Gasteiger partial charge in [-0.05, 0) is 6.07 Å². The summed E-state index contributed by atoms with van der Waals surface area (Å²) in [5.41, 5.74) is 8.64. The van der Waals surface area contributed by atoms with E-state index in [0.29, 0.717) is 39.3 Å². The Balaban J connectivity index is 2.18. The molecule has 120 valence electrons. The van der Waals surface area contributed by atoms with Crippen LogP contribution in [0.1, 0.15) is 0 Å². The average molecular weight is 334 g/mol. The Morgan fingerprint density at radius 1 is 0.957 bits per heavy atom. The molecule has 3 rings (SSSR count). The van der Waals surface area contributed by atoms with Crippen molar-refractivity contribution in [2.24, 2.45) is 0 Å². The highest BCUT2D eigenvalue weighted by Gasteiger charge is 2.15. The van der Waals surface area contributed by atoms with E-state index in [2.05, 4.69) is 4.98 Å². The molecule has 2 aromatic heterocycles. The van der Waals surface area contributed by atoms with Gasteiger partial charge in [-0.2, -0.15) is 0 Å². The summed E-state index contributed by atoms with van der Waals surface area (Å²) in [7, 11) is 4.71. The smallest absolute Gasteiger partial charge is 0.146 e. The van der Waals surface area contributed by atoms with E-state index in [0.717, 1.165) is 5.56 Å². The average Bonchev–Trinajstić information content (AvgIpc) is 2.96. The molecule has 0 saturated carbocycles. The number of aromatic nitrogens is 2. The molecule has 2 heterocycles. The van der Waals surface area contributed by atoms with Crippen LogP contribution in [-0.2, 0) is 0 Å². The van der Waals surface area contributed by atoms with Crippen LogP contribution in [0.3, 0.4) is 0 Å². The van der Waals surface area contributed by atoms with Gasteiger partial charge in [-0.25, -0.2) is 4.98 Å². The third-order valence-electron chi connectivity index (χ3n) is 3.55. The van der Waals surface area contributed by atoms with Crippen LogP contribution in [0.25, 0.3) is 16.9 Å². The molecule has 0 fully saturated rings. The zero-order chi connectivity index (χ0) is 16.6. The molecule has 0 aliphatic heterocycles. The van der Waals surface area contributed by atoms with Crippen LogP contribution >= 0.6 is 11.6 Å². The minimum absolute atomic E-state index is 0.484. The number of nitrogen functional groups attached to an aromatic ring is 1. The van der Waals surface area contributed by atoms with Crippen LogP contribution in [0.5, 0.6) is 17.2 Å². The number of anilines is 1. The van der Waals surface area contributed by atoms with E-state index in [1.807, 2.05) is 10.6 Å². The fourth-order valence-corrected chi connectivity index (χ4v) is 2.64. The van der Waals surface area contributed by atoms with Gasteiger partial charge in [0.25, 0.3) is 0 Å². The van der Waals surface area contributed by atoms with Crippen LogP contribution in [0.4, 0.5) is 5.69 Å². The second-order valence-electron chi connectivity index (χ2n) is 4.88. The molecular formula is C16H16ClN3O3. The second-order valence-corrected chi connectivity index (χ2v) is 5.28. The molecular weight excluding hydrogens is 318 g/mol. The van der Waals surface area contributed by atoms with Crippen molar-refractivity contribution in [2.75, 3.05) is 27.1 Å². The number of methoxy groups -OCH3 is 3. The summed E-state index contributed by atoms with van der Waals surface area (Å²) in [5, 5.41) is 0.484. The van der Waals surface area contributed by atoms with Crippen LogP contribution in [0, 0.1) is 0 Å². The van der Waals surface area contributed by atoms with Crippen LogP contribution in [-0.4, -0.2) is 30.7 Å². The Morgan fingerprint density at radius 2 is 1.65 bits per heavy atom. The van der Waals surface area contributed by atoms with E-state index in [1.54, 1.807) is 45.7 Å². The SMILES string of the molecule is COc1cc2nc(-c3cc(Cl)c(OC)cc3OC)cn2cc1N. The van der Waals surface area contributed by atoms with Gasteiger partial charge in [-0.1, -0.05) is 11.6 Å². The minimum Gasteiger partial charge on any atom is -0.496 e. The molecule has 23 heavy (non-hydrogen) atoms. The minimum atomic E-state index is 0.484. The monoisotopic (exact) mass is 333 g/mol. The van der Waals surface area contributed by atoms with Crippen molar-refractivity contribution >= 4 is 22.9 Å². The van der Waals surface area contributed by atoms with E-state index in [1.165, 1.54) is 0 Å². The number of rotatable bonds is 4. The number of ether oxygens (including phenoxy) is 3. The molecule has 0 aliphatic carbocycles. The number of nitrogens with two attached hydrogens (primary N) is 1. The molecule has 3 aromatic rings.